The Kier molecular flexibility index (Phi) is 33.6. The number of amides is 5. The van der Waals surface area contributed by atoms with E-state index in [0.29, 0.717) is 153 Å². The third kappa shape index (κ3) is 25.5. The quantitative estimate of drug-likeness (QED) is 0.0323. The van der Waals surface area contributed by atoms with E-state index in [0.717, 1.165) is 25.7 Å². The number of rotatable bonds is 17. The topological polar surface area (TPSA) is 497 Å². The van der Waals surface area contributed by atoms with Gasteiger partial charge in [-0.05, 0) is 171 Å². The Morgan fingerprint density at radius 2 is 0.700 bits per heavy atom. The third-order valence-electron chi connectivity index (χ3n) is 22.7. The number of carbonyl (C=O) groups is 9. The molecule has 3 aliphatic carbocycles. The predicted octanol–water partition coefficient (Wildman–Crippen LogP) is 8.69. The Bertz CT molecular complexity index is 5220. The molecule has 3 saturated heterocycles. The minimum atomic E-state index is -2.93. The molecule has 702 valence electrons. The standard InChI is InChI=1S/C28H36F2N8O4.C27H34F2N8O5.C16H21N5O4.C12H17F2N3O.Li.2H2O/c1-17(39)18-5-7-19(8-6-18)38-16-21(23(34-38)24(29)30)32-26(40)20-15-31-37-10-9-22(33-25(20)37)35-11-13-36(14-12-35)27(41)42-28(2,3)4;1-27(2,3)42-26(41)35-12-10-34(11-13-35)20-8-9-36-23(32-20)18(14-30-36)24(38)31-19-15-37(33-21(19)22(28)29)17-6-4-16(5-7-17)25(39)40;1-16(2,3)25-15(24)20-8-6-19(7-9-20)12-4-5-21-13(18-12)11(10-17-21)14(22)23;1-7(18)8-2-4-9(5-3-8)17-6-10(15)11(16-17)12(13)14;;;/h9-10,15-16,18-19,24H,5-8,11-14H2,1-4H3,(H,32,40);8-9,14-17,22H,4-7,10-13H2,1-3H3,(H,31,38)(H,39,40);4-5,10H,6-9H2,1-3H3,(H,22,23);6,8-9,12H,2-5,15H2,1H3;;2*1H2/q;;;;+1;;/p-1. The number of fused-ring (bicyclic) bond motifs is 3. The average molecular weight is 1820 g/mol. The number of carboxylic acids is 2. The van der Waals surface area contributed by atoms with Crippen LogP contribution in [0.5, 0.6) is 0 Å². The first kappa shape index (κ1) is 102. The molecule has 3 saturated carbocycles. The normalized spacial score (nSPS) is 19.1. The molecule has 130 heavy (non-hydrogen) atoms. The first-order valence-electron chi connectivity index (χ1n) is 42.2. The van der Waals surface area contributed by atoms with Crippen LogP contribution in [0, 0.1) is 17.8 Å². The molecule has 6 aliphatic rings. The van der Waals surface area contributed by atoms with Crippen LogP contribution in [0.2, 0.25) is 0 Å². The molecule has 0 atom stereocenters. The number of nitrogens with one attached hydrogen (secondary N) is 2. The molecule has 0 spiro atoms. The monoisotopic (exact) mass is 1820 g/mol. The van der Waals surface area contributed by atoms with Crippen LogP contribution in [0.4, 0.5) is 75.2 Å². The van der Waals surface area contributed by atoms with Gasteiger partial charge in [-0.2, -0.15) is 30.6 Å². The molecule has 6 fully saturated rings. The zero-order valence-corrected chi connectivity index (χ0v) is 74.6. The Balaban J connectivity index is 0.000000203. The summed E-state index contributed by atoms with van der Waals surface area (Å²) in [6, 6.07) is 5.03. The summed E-state index contributed by atoms with van der Waals surface area (Å²) in [6.45, 7) is 25.7. The zero-order valence-electron chi connectivity index (χ0n) is 74.6. The molecule has 0 aromatic carbocycles. The van der Waals surface area contributed by atoms with Crippen LogP contribution < -0.4 is 49.9 Å². The number of ketones is 2. The minimum Gasteiger partial charge on any atom is -0.870 e. The van der Waals surface area contributed by atoms with Crippen molar-refractivity contribution in [2.24, 2.45) is 17.8 Å². The van der Waals surface area contributed by atoms with Crippen LogP contribution >= 0.6 is 0 Å². The third-order valence-corrected chi connectivity index (χ3v) is 22.7. The maximum absolute atomic E-state index is 13.9. The average Bonchev–Trinajstić information content (AvgIpc) is 1.63. The molecule has 9 N–H and O–H groups in total. The molecule has 0 bridgehead atoms. The maximum atomic E-state index is 13.9. The van der Waals surface area contributed by atoms with E-state index in [1.165, 1.54) is 64.8 Å². The molecule has 5 amide bonds. The maximum Gasteiger partial charge on any atom is 1.00 e. The van der Waals surface area contributed by atoms with Crippen molar-refractivity contribution in [2.75, 3.05) is 110 Å². The summed E-state index contributed by atoms with van der Waals surface area (Å²) in [7, 11) is 0. The largest absolute Gasteiger partial charge is 1.00 e. The van der Waals surface area contributed by atoms with Gasteiger partial charge in [-0.3, -0.25) is 38.0 Å². The second-order valence-corrected chi connectivity index (χ2v) is 35.2. The molecule has 9 aromatic heterocycles. The summed E-state index contributed by atoms with van der Waals surface area (Å²) in [6.07, 6.45) is 11.4. The number of alkyl halides is 6. The number of carbonyl (C=O) groups excluding carboxylic acids is 7. The Morgan fingerprint density at radius 3 is 0.969 bits per heavy atom. The number of halogens is 6. The van der Waals surface area contributed by atoms with Gasteiger partial charge in [0.2, 0.25) is 0 Å². The second kappa shape index (κ2) is 43.0. The molecule has 47 heteroatoms. The van der Waals surface area contributed by atoms with Crippen molar-refractivity contribution in [3.63, 3.8) is 0 Å². The molecule has 12 heterocycles. The number of nitrogens with two attached hydrogens (primary N) is 1. The number of ether oxygens (including phenoxy) is 3. The number of aromatic nitrogens is 15. The minimum absolute atomic E-state index is 0. The fraction of sp³-hybridized carbons (Fsp3) is 0.566. The SMILES string of the molecule is CC(=O)C1CCC(n2cc(N)c(C(F)F)n2)CC1.CC(=O)C1CCC(n2cc(NC(=O)c3cnn4ccc(N5CCN(C(=O)OC(C)(C)C)CC5)nc34)c(C(F)F)n2)CC1.CC(C)(C)OC(=O)N1CCN(c2ccn3ncc(C(=O)Nc4cn(C5CCC(C(=O)O)CC5)nc4C(F)F)c3n2)CC1.CC(C)(C)OC(=O)N1CCN(c2ccn3ncc(C(=O)O)c3n2)CC1.O.[Li+].[OH-]. The van der Waals surface area contributed by atoms with Crippen LogP contribution in [0.15, 0.2) is 74.0 Å². The van der Waals surface area contributed by atoms with Gasteiger partial charge in [0, 0.05) is 128 Å². The number of anilines is 6. The second-order valence-electron chi connectivity index (χ2n) is 35.2. The molecule has 0 radical (unpaired) electrons. The number of Topliss-reactive ketones (excluding diaryl/α,β-unsaturated/α-hetero) is 2. The number of nitrogen functional groups attached to an aromatic ring is 1. The summed E-state index contributed by atoms with van der Waals surface area (Å²) in [5, 5.41) is 47.9. The molecular weight excluding hydrogens is 1710 g/mol. The molecule has 15 rings (SSSR count). The Hall–Kier alpha value is -12.2. The van der Waals surface area contributed by atoms with Crippen LogP contribution in [-0.4, -0.2) is 258 Å². The summed E-state index contributed by atoms with van der Waals surface area (Å²) in [5.74, 6) is -1.36. The molecule has 0 unspecified atom stereocenters. The van der Waals surface area contributed by atoms with E-state index in [1.54, 1.807) is 65.3 Å². The van der Waals surface area contributed by atoms with Gasteiger partial charge in [-0.15, -0.1) is 0 Å². The van der Waals surface area contributed by atoms with E-state index in [1.807, 2.05) is 77.0 Å². The van der Waals surface area contributed by atoms with Crippen LogP contribution in [0.3, 0.4) is 0 Å². The van der Waals surface area contributed by atoms with Gasteiger partial charge in [0.15, 0.2) is 34.0 Å². The van der Waals surface area contributed by atoms with Gasteiger partial charge in [-0.1, -0.05) is 0 Å². The van der Waals surface area contributed by atoms with Crippen molar-refractivity contribution >= 4 is 105 Å². The van der Waals surface area contributed by atoms with Crippen molar-refractivity contribution in [3.8, 4) is 0 Å². The van der Waals surface area contributed by atoms with Crippen molar-refractivity contribution in [1.82, 2.24) is 87.8 Å². The van der Waals surface area contributed by atoms with Crippen molar-refractivity contribution < 1.29 is 124 Å². The van der Waals surface area contributed by atoms with Gasteiger partial charge >= 0.3 is 49.1 Å². The zero-order chi connectivity index (χ0) is 91.8. The van der Waals surface area contributed by atoms with Crippen LogP contribution in [-0.2, 0) is 28.6 Å². The first-order valence-corrected chi connectivity index (χ1v) is 42.2. The van der Waals surface area contributed by atoms with Gasteiger partial charge in [0.05, 0.1) is 59.7 Å². The number of nitrogens with zero attached hydrogens (tertiary/aromatic N) is 21. The van der Waals surface area contributed by atoms with E-state index in [4.69, 9.17) is 19.9 Å². The van der Waals surface area contributed by atoms with Gasteiger partial charge < -0.3 is 81.1 Å². The summed E-state index contributed by atoms with van der Waals surface area (Å²) >= 11 is 0. The molecular formula is C83H111F6LiN24O16. The summed E-state index contributed by atoms with van der Waals surface area (Å²) < 4.78 is 106. The predicted molar refractivity (Wildman–Crippen MR) is 455 cm³/mol. The number of hydrogen-bond acceptors (Lipinski definition) is 26. The van der Waals surface area contributed by atoms with E-state index in [9.17, 15) is 79.7 Å². The smallest absolute Gasteiger partial charge is 0.870 e. The fourth-order valence-corrected chi connectivity index (χ4v) is 15.8. The molecule has 40 nitrogen and oxygen atoms in total. The van der Waals surface area contributed by atoms with E-state index in [2.05, 4.69) is 56.2 Å². The number of carboxylic acid groups (broad SMARTS) is 2. The van der Waals surface area contributed by atoms with Gasteiger partial charge in [0.25, 0.3) is 31.1 Å². The van der Waals surface area contributed by atoms with E-state index >= 15 is 0 Å². The van der Waals surface area contributed by atoms with Crippen molar-refractivity contribution in [3.05, 3.63) is 108 Å². The Labute approximate surface area is 755 Å². The first-order chi connectivity index (χ1) is 60.0. The van der Waals surface area contributed by atoms with Crippen molar-refractivity contribution in [1.29, 1.82) is 0 Å². The van der Waals surface area contributed by atoms with Gasteiger partial charge in [0.1, 0.15) is 62.5 Å². The summed E-state index contributed by atoms with van der Waals surface area (Å²) in [4.78, 5) is 134. The number of hydrogen-bond donors (Lipinski definition) is 5. The van der Waals surface area contributed by atoms with Crippen LogP contribution in [0.1, 0.15) is 239 Å². The van der Waals surface area contributed by atoms with E-state index < -0.39 is 77.1 Å². The van der Waals surface area contributed by atoms with Crippen LogP contribution in [0.25, 0.3) is 16.9 Å². The number of aromatic carboxylic acids is 1. The van der Waals surface area contributed by atoms with Gasteiger partial charge in [-0.25, -0.2) is 74.0 Å². The number of aliphatic carboxylic acids is 1. The Morgan fingerprint density at radius 1 is 0.423 bits per heavy atom. The molecule has 3 aliphatic heterocycles. The summed E-state index contributed by atoms with van der Waals surface area (Å²) in [5.41, 5.74) is 3.37. The van der Waals surface area contributed by atoms with E-state index in [-0.39, 0.29) is 140 Å². The van der Waals surface area contributed by atoms with Crippen molar-refractivity contribution in [2.45, 2.75) is 207 Å². The fourth-order valence-electron chi connectivity index (χ4n) is 15.8. The molecule has 9 aromatic rings. The number of piperazine rings is 3.